The fourth-order valence-electron chi connectivity index (χ4n) is 2.09. The summed E-state index contributed by atoms with van der Waals surface area (Å²) in [6.07, 6.45) is -2.55. The third-order valence-electron chi connectivity index (χ3n) is 3.14. The normalized spacial score (nSPS) is 13.1. The van der Waals surface area contributed by atoms with Crippen LogP contribution in [-0.2, 0) is 12.6 Å². The number of alkyl halides is 3. The zero-order valence-electron chi connectivity index (χ0n) is 11.1. The topological polar surface area (TPSA) is 77.0 Å². The quantitative estimate of drug-likeness (QED) is 0.598. The highest BCUT2D eigenvalue weighted by Gasteiger charge is 2.30. The molecule has 0 spiro atoms. The van der Waals surface area contributed by atoms with Gasteiger partial charge in [-0.15, -0.1) is 0 Å². The molecule has 7 heteroatoms. The van der Waals surface area contributed by atoms with E-state index in [4.69, 9.17) is 11.6 Å². The Bertz CT molecular complexity index is 613. The highest BCUT2D eigenvalue weighted by atomic mass is 19.4. The van der Waals surface area contributed by atoms with Crippen molar-refractivity contribution in [3.05, 3.63) is 59.3 Å². The number of rotatable bonds is 4. The number of hydrogen-bond acceptors (Lipinski definition) is 4. The number of nitrogens with two attached hydrogens (primary N) is 2. The van der Waals surface area contributed by atoms with E-state index >= 15 is 0 Å². The minimum atomic E-state index is -4.37. The van der Waals surface area contributed by atoms with Crippen LogP contribution < -0.4 is 17.0 Å². The molecule has 1 heterocycles. The molecule has 112 valence electrons. The van der Waals surface area contributed by atoms with Gasteiger partial charge in [0.2, 0.25) is 0 Å². The fraction of sp³-hybridized carbons (Fsp3) is 0.214. The van der Waals surface area contributed by atoms with Crippen LogP contribution in [0.2, 0.25) is 0 Å². The predicted octanol–water partition coefficient (Wildman–Crippen LogP) is 2.43. The number of pyridine rings is 1. The molecule has 0 radical (unpaired) electrons. The van der Waals surface area contributed by atoms with Gasteiger partial charge in [-0.1, -0.05) is 24.3 Å². The average Bonchev–Trinajstić information content (AvgIpc) is 2.45. The summed E-state index contributed by atoms with van der Waals surface area (Å²) >= 11 is 0. The van der Waals surface area contributed by atoms with Crippen LogP contribution in [0, 0.1) is 0 Å². The Morgan fingerprint density at radius 1 is 1.19 bits per heavy atom. The smallest absolute Gasteiger partial charge is 0.383 e. The average molecular weight is 296 g/mol. The number of anilines is 1. The maximum absolute atomic E-state index is 12.7. The zero-order valence-corrected chi connectivity index (χ0v) is 11.1. The minimum Gasteiger partial charge on any atom is -0.383 e. The Hall–Kier alpha value is -2.12. The van der Waals surface area contributed by atoms with E-state index in [0.29, 0.717) is 16.9 Å². The van der Waals surface area contributed by atoms with Crippen LogP contribution in [0.25, 0.3) is 0 Å². The van der Waals surface area contributed by atoms with Crippen molar-refractivity contribution in [1.29, 1.82) is 0 Å². The molecular weight excluding hydrogens is 281 g/mol. The Morgan fingerprint density at radius 3 is 2.57 bits per heavy atom. The van der Waals surface area contributed by atoms with Gasteiger partial charge in [0.05, 0.1) is 11.6 Å². The second-order valence-electron chi connectivity index (χ2n) is 4.60. The molecule has 2 rings (SSSR count). The molecule has 1 unspecified atom stereocenters. The van der Waals surface area contributed by atoms with E-state index < -0.39 is 17.8 Å². The molecule has 5 N–H and O–H groups in total. The largest absolute Gasteiger partial charge is 0.416 e. The molecule has 2 aromatic rings. The van der Waals surface area contributed by atoms with Crippen molar-refractivity contribution < 1.29 is 13.2 Å². The molecule has 0 saturated heterocycles. The summed E-state index contributed by atoms with van der Waals surface area (Å²) in [7, 11) is 0. The second-order valence-corrected chi connectivity index (χ2v) is 4.60. The number of halogens is 3. The summed E-state index contributed by atoms with van der Waals surface area (Å²) in [4.78, 5) is 3.95. The van der Waals surface area contributed by atoms with Crippen LogP contribution >= 0.6 is 0 Å². The van der Waals surface area contributed by atoms with Crippen molar-refractivity contribution in [3.63, 3.8) is 0 Å². The first-order chi connectivity index (χ1) is 9.91. The summed E-state index contributed by atoms with van der Waals surface area (Å²) < 4.78 is 38.1. The minimum absolute atomic E-state index is 0.274. The number of hydrazine groups is 1. The Morgan fingerprint density at radius 2 is 1.95 bits per heavy atom. The van der Waals surface area contributed by atoms with Gasteiger partial charge in [0.15, 0.2) is 0 Å². The predicted molar refractivity (Wildman–Crippen MR) is 73.9 cm³/mol. The molecule has 0 aliphatic carbocycles. The van der Waals surface area contributed by atoms with Gasteiger partial charge in [-0.3, -0.25) is 11.3 Å². The van der Waals surface area contributed by atoms with Gasteiger partial charge in [0, 0.05) is 11.8 Å². The van der Waals surface area contributed by atoms with Crippen molar-refractivity contribution in [1.82, 2.24) is 10.4 Å². The van der Waals surface area contributed by atoms with E-state index in [0.717, 1.165) is 12.1 Å². The lowest BCUT2D eigenvalue weighted by molar-refractivity contribution is -0.137. The number of hydrogen-bond donors (Lipinski definition) is 3. The number of aromatic nitrogens is 1. The van der Waals surface area contributed by atoms with E-state index in [1.807, 2.05) is 0 Å². The van der Waals surface area contributed by atoms with E-state index in [1.165, 1.54) is 12.3 Å². The van der Waals surface area contributed by atoms with Crippen LogP contribution in [0.1, 0.15) is 22.7 Å². The molecule has 0 bridgehead atoms. The van der Waals surface area contributed by atoms with Crippen molar-refractivity contribution in [2.24, 2.45) is 5.84 Å². The van der Waals surface area contributed by atoms with Crippen molar-refractivity contribution in [2.75, 3.05) is 5.73 Å². The molecule has 0 amide bonds. The zero-order chi connectivity index (χ0) is 15.5. The maximum Gasteiger partial charge on any atom is 0.416 e. The Labute approximate surface area is 119 Å². The summed E-state index contributed by atoms with van der Waals surface area (Å²) in [6, 6.07) is 8.15. The molecule has 0 saturated carbocycles. The van der Waals surface area contributed by atoms with Crippen molar-refractivity contribution in [2.45, 2.75) is 18.6 Å². The van der Waals surface area contributed by atoms with E-state index in [-0.39, 0.29) is 6.42 Å². The molecule has 4 nitrogen and oxygen atoms in total. The lowest BCUT2D eigenvalue weighted by Crippen LogP contribution is -2.30. The first-order valence-electron chi connectivity index (χ1n) is 6.24. The van der Waals surface area contributed by atoms with E-state index in [2.05, 4.69) is 10.4 Å². The fourth-order valence-corrected chi connectivity index (χ4v) is 2.09. The van der Waals surface area contributed by atoms with Crippen LogP contribution in [-0.4, -0.2) is 4.98 Å². The van der Waals surface area contributed by atoms with E-state index in [1.54, 1.807) is 18.2 Å². The highest BCUT2D eigenvalue weighted by Crippen LogP contribution is 2.30. The number of benzene rings is 1. The summed E-state index contributed by atoms with van der Waals surface area (Å²) in [5.41, 5.74) is 8.80. The third-order valence-corrected chi connectivity index (χ3v) is 3.14. The molecular formula is C14H15F3N4. The molecule has 0 aliphatic heterocycles. The summed E-state index contributed by atoms with van der Waals surface area (Å²) in [5.74, 6) is 5.79. The molecule has 1 aromatic carbocycles. The second kappa shape index (κ2) is 6.11. The first-order valence-corrected chi connectivity index (χ1v) is 6.24. The van der Waals surface area contributed by atoms with E-state index in [9.17, 15) is 13.2 Å². The lowest BCUT2D eigenvalue weighted by atomic mass is 9.98. The molecule has 0 aliphatic rings. The van der Waals surface area contributed by atoms with Crippen molar-refractivity contribution in [3.8, 4) is 0 Å². The first kappa shape index (κ1) is 15.3. The van der Waals surface area contributed by atoms with Gasteiger partial charge in [-0.2, -0.15) is 13.2 Å². The Kier molecular flexibility index (Phi) is 4.44. The van der Waals surface area contributed by atoms with Gasteiger partial charge in [0.1, 0.15) is 5.82 Å². The summed E-state index contributed by atoms with van der Waals surface area (Å²) in [5, 5.41) is 0. The molecule has 0 fully saturated rings. The lowest BCUT2D eigenvalue weighted by Gasteiger charge is -2.18. The monoisotopic (exact) mass is 296 g/mol. The molecule has 1 aromatic heterocycles. The van der Waals surface area contributed by atoms with Gasteiger partial charge in [-0.05, 0) is 24.1 Å². The standard InChI is InChI=1S/C14H15F3N4/c15-14(16,17)10-4-1-3-9(7-10)8-12(21-19)11-5-2-6-20-13(11)18/h1-7,12,21H,8,19H2,(H2,18,20). The van der Waals surface area contributed by atoms with Crippen LogP contribution in [0.5, 0.6) is 0 Å². The van der Waals surface area contributed by atoms with Gasteiger partial charge in [-0.25, -0.2) is 4.98 Å². The SMILES string of the molecule is NNC(Cc1cccc(C(F)(F)F)c1)c1cccnc1N. The summed E-state index contributed by atoms with van der Waals surface area (Å²) in [6.45, 7) is 0. The van der Waals surface area contributed by atoms with Gasteiger partial charge < -0.3 is 5.73 Å². The molecule has 1 atom stereocenters. The number of nitrogen functional groups attached to an aromatic ring is 1. The number of nitrogens with zero attached hydrogens (tertiary/aromatic N) is 1. The van der Waals surface area contributed by atoms with Crippen LogP contribution in [0.4, 0.5) is 19.0 Å². The third kappa shape index (κ3) is 3.71. The Balaban J connectivity index is 2.26. The molecule has 21 heavy (non-hydrogen) atoms. The van der Waals surface area contributed by atoms with Crippen molar-refractivity contribution >= 4 is 5.82 Å². The van der Waals surface area contributed by atoms with Gasteiger partial charge in [0.25, 0.3) is 0 Å². The maximum atomic E-state index is 12.7. The van der Waals surface area contributed by atoms with Gasteiger partial charge >= 0.3 is 6.18 Å². The van der Waals surface area contributed by atoms with Crippen LogP contribution in [0.3, 0.4) is 0 Å². The highest BCUT2D eigenvalue weighted by molar-refractivity contribution is 5.41. The number of nitrogens with one attached hydrogen (secondary N) is 1. The van der Waals surface area contributed by atoms with Crippen LogP contribution in [0.15, 0.2) is 42.6 Å².